The number of fused-ring (bicyclic) bond motifs is 1. The topological polar surface area (TPSA) is 43.8 Å². The molecular formula is C10H14F3N3. The second kappa shape index (κ2) is 3.76. The highest BCUT2D eigenvalue weighted by Crippen LogP contribution is 2.33. The van der Waals surface area contributed by atoms with Crippen LogP contribution < -0.4 is 5.73 Å². The van der Waals surface area contributed by atoms with Crippen molar-refractivity contribution in [3.8, 4) is 0 Å². The normalized spacial score (nSPS) is 20.9. The van der Waals surface area contributed by atoms with Gasteiger partial charge in [-0.1, -0.05) is 6.92 Å². The first-order chi connectivity index (χ1) is 7.43. The molecule has 1 unspecified atom stereocenters. The number of nitrogens with two attached hydrogens (primary N) is 1. The lowest BCUT2D eigenvalue weighted by Gasteiger charge is -2.23. The summed E-state index contributed by atoms with van der Waals surface area (Å²) >= 11 is 0. The Bertz CT molecular complexity index is 395. The number of alkyl halides is 3. The van der Waals surface area contributed by atoms with Crippen LogP contribution in [0.4, 0.5) is 13.2 Å². The van der Waals surface area contributed by atoms with Crippen molar-refractivity contribution in [2.45, 2.75) is 39.0 Å². The standard InChI is InChI=1S/C10H14F3N3/c1-6-2-3-16-8(4-6)7(5-14)15-9(16)10(11,12)13/h6H,2-5,14H2,1H3. The van der Waals surface area contributed by atoms with Gasteiger partial charge in [-0.05, 0) is 18.8 Å². The Morgan fingerprint density at radius 1 is 1.50 bits per heavy atom. The summed E-state index contributed by atoms with van der Waals surface area (Å²) < 4.78 is 39.4. The molecule has 90 valence electrons. The van der Waals surface area contributed by atoms with Crippen LogP contribution in [-0.2, 0) is 25.7 Å². The minimum absolute atomic E-state index is 0.0676. The van der Waals surface area contributed by atoms with E-state index in [2.05, 4.69) is 4.98 Å². The van der Waals surface area contributed by atoms with Crippen LogP contribution in [0.2, 0.25) is 0 Å². The van der Waals surface area contributed by atoms with Crippen molar-refractivity contribution in [2.24, 2.45) is 11.7 Å². The molecule has 3 nitrogen and oxygen atoms in total. The highest BCUT2D eigenvalue weighted by atomic mass is 19.4. The zero-order chi connectivity index (χ0) is 11.9. The number of hydrogen-bond acceptors (Lipinski definition) is 2. The fourth-order valence-electron chi connectivity index (χ4n) is 2.17. The smallest absolute Gasteiger partial charge is 0.325 e. The van der Waals surface area contributed by atoms with Gasteiger partial charge in [0.2, 0.25) is 5.82 Å². The molecule has 0 radical (unpaired) electrons. The van der Waals surface area contributed by atoms with Gasteiger partial charge in [-0.25, -0.2) is 4.98 Å². The summed E-state index contributed by atoms with van der Waals surface area (Å²) in [7, 11) is 0. The Morgan fingerprint density at radius 3 is 2.75 bits per heavy atom. The lowest BCUT2D eigenvalue weighted by Crippen LogP contribution is -2.22. The Hall–Kier alpha value is -1.04. The third-order valence-corrected chi connectivity index (χ3v) is 2.99. The van der Waals surface area contributed by atoms with Crippen LogP contribution in [0.25, 0.3) is 0 Å². The third kappa shape index (κ3) is 1.81. The first-order valence-electron chi connectivity index (χ1n) is 5.29. The van der Waals surface area contributed by atoms with Crippen molar-refractivity contribution in [3.05, 3.63) is 17.2 Å². The Balaban J connectivity index is 2.50. The number of hydrogen-bond donors (Lipinski definition) is 1. The van der Waals surface area contributed by atoms with Gasteiger partial charge in [0, 0.05) is 18.8 Å². The van der Waals surface area contributed by atoms with Crippen LogP contribution in [0, 0.1) is 5.92 Å². The van der Waals surface area contributed by atoms with E-state index in [1.165, 1.54) is 4.57 Å². The molecule has 0 amide bonds. The molecule has 16 heavy (non-hydrogen) atoms. The van der Waals surface area contributed by atoms with E-state index in [9.17, 15) is 13.2 Å². The molecule has 0 fully saturated rings. The summed E-state index contributed by atoms with van der Waals surface area (Å²) in [6.45, 7) is 2.49. The lowest BCUT2D eigenvalue weighted by atomic mass is 9.97. The van der Waals surface area contributed by atoms with Gasteiger partial charge in [0.15, 0.2) is 0 Å². The summed E-state index contributed by atoms with van der Waals surface area (Å²) in [4.78, 5) is 3.63. The van der Waals surface area contributed by atoms with Gasteiger partial charge in [-0.3, -0.25) is 0 Å². The van der Waals surface area contributed by atoms with Crippen molar-refractivity contribution in [1.29, 1.82) is 0 Å². The van der Waals surface area contributed by atoms with Crippen molar-refractivity contribution in [1.82, 2.24) is 9.55 Å². The van der Waals surface area contributed by atoms with Gasteiger partial charge in [0.05, 0.1) is 5.69 Å². The molecule has 1 aromatic heterocycles. The van der Waals surface area contributed by atoms with Crippen LogP contribution in [0.3, 0.4) is 0 Å². The van der Waals surface area contributed by atoms with Gasteiger partial charge in [-0.2, -0.15) is 13.2 Å². The van der Waals surface area contributed by atoms with Gasteiger partial charge >= 0.3 is 6.18 Å². The fraction of sp³-hybridized carbons (Fsp3) is 0.700. The molecule has 0 saturated carbocycles. The van der Waals surface area contributed by atoms with Crippen molar-refractivity contribution < 1.29 is 13.2 Å². The molecule has 1 aliphatic rings. The highest BCUT2D eigenvalue weighted by molar-refractivity contribution is 5.21. The summed E-state index contributed by atoms with van der Waals surface area (Å²) in [6.07, 6.45) is -2.99. The van der Waals surface area contributed by atoms with Crippen LogP contribution in [0.5, 0.6) is 0 Å². The van der Waals surface area contributed by atoms with E-state index in [0.717, 1.165) is 6.42 Å². The molecule has 0 aliphatic carbocycles. The first-order valence-corrected chi connectivity index (χ1v) is 5.29. The quantitative estimate of drug-likeness (QED) is 0.805. The van der Waals surface area contributed by atoms with Gasteiger partial charge in [0.1, 0.15) is 0 Å². The van der Waals surface area contributed by atoms with Gasteiger partial charge in [-0.15, -0.1) is 0 Å². The molecule has 1 atom stereocenters. The van der Waals surface area contributed by atoms with Crippen LogP contribution >= 0.6 is 0 Å². The zero-order valence-electron chi connectivity index (χ0n) is 9.01. The van der Waals surface area contributed by atoms with E-state index in [4.69, 9.17) is 5.73 Å². The lowest BCUT2D eigenvalue weighted by molar-refractivity contribution is -0.147. The number of rotatable bonds is 1. The Morgan fingerprint density at radius 2 is 2.19 bits per heavy atom. The van der Waals surface area contributed by atoms with Gasteiger partial charge in [0.25, 0.3) is 0 Å². The van der Waals surface area contributed by atoms with Crippen LogP contribution in [0.1, 0.15) is 30.6 Å². The van der Waals surface area contributed by atoms with Crippen LogP contribution in [-0.4, -0.2) is 9.55 Å². The largest absolute Gasteiger partial charge is 0.449 e. The summed E-state index contributed by atoms with van der Waals surface area (Å²) in [6, 6.07) is 0. The zero-order valence-corrected chi connectivity index (χ0v) is 9.01. The average molecular weight is 233 g/mol. The summed E-state index contributed by atoms with van der Waals surface area (Å²) in [5.41, 5.74) is 6.48. The SMILES string of the molecule is CC1CCn2c(C(F)(F)F)nc(CN)c2C1. The predicted molar refractivity (Wildman–Crippen MR) is 52.6 cm³/mol. The number of halogens is 3. The number of imidazole rings is 1. The number of nitrogens with zero attached hydrogens (tertiary/aromatic N) is 2. The van der Waals surface area contributed by atoms with Crippen LogP contribution in [0.15, 0.2) is 0 Å². The number of aromatic nitrogens is 2. The molecule has 1 aromatic rings. The molecule has 0 saturated heterocycles. The average Bonchev–Trinajstić information content (AvgIpc) is 2.55. The minimum atomic E-state index is -4.39. The Kier molecular flexibility index (Phi) is 2.69. The second-order valence-corrected chi connectivity index (χ2v) is 4.28. The fourth-order valence-corrected chi connectivity index (χ4v) is 2.17. The predicted octanol–water partition coefficient (Wildman–Crippen LogP) is 1.94. The molecule has 2 N–H and O–H groups in total. The van der Waals surface area contributed by atoms with E-state index in [1.807, 2.05) is 6.92 Å². The molecule has 0 spiro atoms. The van der Waals surface area contributed by atoms with Crippen molar-refractivity contribution in [3.63, 3.8) is 0 Å². The van der Waals surface area contributed by atoms with Gasteiger partial charge < -0.3 is 10.3 Å². The Labute approximate surface area is 91.5 Å². The maximum absolute atomic E-state index is 12.7. The van der Waals surface area contributed by atoms with Crippen molar-refractivity contribution in [2.75, 3.05) is 0 Å². The van der Waals surface area contributed by atoms with E-state index in [0.29, 0.717) is 30.3 Å². The maximum Gasteiger partial charge on any atom is 0.449 e. The molecule has 2 rings (SSSR count). The third-order valence-electron chi connectivity index (χ3n) is 2.99. The molecule has 0 aromatic carbocycles. The van der Waals surface area contributed by atoms with E-state index >= 15 is 0 Å². The van der Waals surface area contributed by atoms with E-state index in [1.54, 1.807) is 0 Å². The second-order valence-electron chi connectivity index (χ2n) is 4.28. The molecule has 1 aliphatic heterocycles. The molecule has 0 bridgehead atoms. The molecular weight excluding hydrogens is 219 g/mol. The minimum Gasteiger partial charge on any atom is -0.325 e. The highest BCUT2D eigenvalue weighted by Gasteiger charge is 2.39. The summed E-state index contributed by atoms with van der Waals surface area (Å²) in [5, 5.41) is 0. The van der Waals surface area contributed by atoms with Crippen molar-refractivity contribution >= 4 is 0 Å². The monoisotopic (exact) mass is 233 g/mol. The van der Waals surface area contributed by atoms with E-state index < -0.39 is 12.0 Å². The molecule has 2 heterocycles. The summed E-state index contributed by atoms with van der Waals surface area (Å²) in [5.74, 6) is -0.398. The van der Waals surface area contributed by atoms with E-state index in [-0.39, 0.29) is 6.54 Å². The first kappa shape index (κ1) is 11.4. The maximum atomic E-state index is 12.7. The molecule has 6 heteroatoms.